The Bertz CT molecular complexity index is 1300. The maximum absolute atomic E-state index is 12.3. The highest BCUT2D eigenvalue weighted by molar-refractivity contribution is 6.34. The predicted molar refractivity (Wildman–Crippen MR) is 123 cm³/mol. The number of fused-ring (bicyclic) bond motifs is 1. The molecule has 32 heavy (non-hydrogen) atoms. The van der Waals surface area contributed by atoms with Crippen LogP contribution in [0.2, 0.25) is 10.0 Å². The second-order valence-electron chi connectivity index (χ2n) is 6.81. The van der Waals surface area contributed by atoms with E-state index in [0.717, 1.165) is 5.39 Å². The fraction of sp³-hybridized carbons (Fsp3) is 0.136. The van der Waals surface area contributed by atoms with Crippen LogP contribution in [0.1, 0.15) is 17.0 Å². The lowest BCUT2D eigenvalue weighted by atomic mass is 10.2. The molecule has 0 fully saturated rings. The minimum Gasteiger partial charge on any atom is -0.426 e. The normalized spacial score (nSPS) is 10.8. The van der Waals surface area contributed by atoms with Crippen LogP contribution in [0.25, 0.3) is 10.8 Å². The number of nitrogens with one attached hydrogen (secondary N) is 3. The van der Waals surface area contributed by atoms with Gasteiger partial charge in [-0.1, -0.05) is 41.4 Å². The number of carbonyl (C=O) groups excluding carboxylic acids is 1. The van der Waals surface area contributed by atoms with Gasteiger partial charge in [0.15, 0.2) is 11.6 Å². The van der Waals surface area contributed by atoms with Crippen molar-refractivity contribution in [3.63, 3.8) is 0 Å². The number of H-pyrrole nitrogens is 1. The lowest BCUT2D eigenvalue weighted by molar-refractivity contribution is 0.0921. The second-order valence-corrected chi connectivity index (χ2v) is 7.68. The van der Waals surface area contributed by atoms with Gasteiger partial charge in [-0.05, 0) is 36.8 Å². The van der Waals surface area contributed by atoms with E-state index >= 15 is 0 Å². The first-order valence-electron chi connectivity index (χ1n) is 9.73. The summed E-state index contributed by atoms with van der Waals surface area (Å²) >= 11 is 11.9. The van der Waals surface area contributed by atoms with E-state index < -0.39 is 0 Å². The lowest BCUT2D eigenvalue weighted by Crippen LogP contribution is -2.25. The van der Waals surface area contributed by atoms with Gasteiger partial charge in [0.05, 0.1) is 5.39 Å². The average Bonchev–Trinajstić information content (AvgIpc) is 3.23. The van der Waals surface area contributed by atoms with Gasteiger partial charge in [0, 0.05) is 34.6 Å². The maximum Gasteiger partial charge on any atom is 0.290 e. The Morgan fingerprint density at radius 3 is 2.56 bits per heavy atom. The summed E-state index contributed by atoms with van der Waals surface area (Å²) in [6.07, 6.45) is 0.631. The SMILES string of the molecule is O=C(NCCCNc1n[nH]c(=O)c2ccccc12)c1ccc(Oc2cc(Cl)cc(Cl)c2)o1. The molecule has 0 radical (unpaired) electrons. The van der Waals surface area contributed by atoms with E-state index in [2.05, 4.69) is 20.8 Å². The smallest absolute Gasteiger partial charge is 0.290 e. The number of carbonyl (C=O) groups is 1. The van der Waals surface area contributed by atoms with Crippen molar-refractivity contribution in [1.29, 1.82) is 0 Å². The molecule has 0 saturated carbocycles. The van der Waals surface area contributed by atoms with Crippen LogP contribution >= 0.6 is 23.2 Å². The number of rotatable bonds is 8. The molecule has 0 aliphatic rings. The minimum atomic E-state index is -0.364. The summed E-state index contributed by atoms with van der Waals surface area (Å²) in [6.45, 7) is 0.958. The van der Waals surface area contributed by atoms with Crippen LogP contribution in [-0.4, -0.2) is 29.2 Å². The Hall–Kier alpha value is -3.49. The van der Waals surface area contributed by atoms with Crippen molar-refractivity contribution in [2.45, 2.75) is 6.42 Å². The van der Waals surface area contributed by atoms with Crippen LogP contribution in [0.4, 0.5) is 5.82 Å². The Kier molecular flexibility index (Phi) is 6.63. The van der Waals surface area contributed by atoms with Crippen LogP contribution in [0, 0.1) is 0 Å². The molecular weight excluding hydrogens is 455 g/mol. The van der Waals surface area contributed by atoms with Crippen molar-refractivity contribution in [3.05, 3.63) is 80.8 Å². The topological polar surface area (TPSA) is 109 Å². The number of ether oxygens (including phenoxy) is 1. The van der Waals surface area contributed by atoms with E-state index in [-0.39, 0.29) is 23.2 Å². The molecule has 2 aromatic heterocycles. The van der Waals surface area contributed by atoms with Crippen molar-refractivity contribution in [2.24, 2.45) is 0 Å². The van der Waals surface area contributed by atoms with E-state index in [0.29, 0.717) is 46.5 Å². The summed E-state index contributed by atoms with van der Waals surface area (Å²) in [7, 11) is 0. The third-order valence-corrected chi connectivity index (χ3v) is 4.92. The van der Waals surface area contributed by atoms with Gasteiger partial charge < -0.3 is 19.8 Å². The van der Waals surface area contributed by atoms with E-state index in [1.54, 1.807) is 30.3 Å². The zero-order valence-corrected chi connectivity index (χ0v) is 18.2. The summed E-state index contributed by atoms with van der Waals surface area (Å²) in [4.78, 5) is 24.1. The summed E-state index contributed by atoms with van der Waals surface area (Å²) in [5.41, 5.74) is -0.237. The molecule has 0 saturated heterocycles. The van der Waals surface area contributed by atoms with Crippen molar-refractivity contribution < 1.29 is 13.9 Å². The molecule has 0 aliphatic carbocycles. The molecule has 0 unspecified atom stereocenters. The van der Waals surface area contributed by atoms with E-state index in [1.807, 2.05) is 12.1 Å². The molecular formula is C22H18Cl2N4O4. The highest BCUT2D eigenvalue weighted by Gasteiger charge is 2.12. The lowest BCUT2D eigenvalue weighted by Gasteiger charge is -2.08. The molecule has 1 amide bonds. The predicted octanol–water partition coefficient (Wildman–Crippen LogP) is 4.85. The van der Waals surface area contributed by atoms with Crippen LogP contribution < -0.4 is 20.9 Å². The minimum absolute atomic E-state index is 0.120. The number of benzene rings is 2. The molecule has 0 bridgehead atoms. The number of amides is 1. The number of furan rings is 1. The largest absolute Gasteiger partial charge is 0.426 e. The molecule has 10 heteroatoms. The van der Waals surface area contributed by atoms with Crippen molar-refractivity contribution in [3.8, 4) is 11.7 Å². The molecule has 0 atom stereocenters. The van der Waals surface area contributed by atoms with Gasteiger partial charge in [0.2, 0.25) is 0 Å². The van der Waals surface area contributed by atoms with Gasteiger partial charge in [0.25, 0.3) is 17.4 Å². The Morgan fingerprint density at radius 2 is 1.78 bits per heavy atom. The van der Waals surface area contributed by atoms with Gasteiger partial charge in [-0.3, -0.25) is 9.59 Å². The van der Waals surface area contributed by atoms with Crippen LogP contribution in [0.5, 0.6) is 11.7 Å². The molecule has 0 spiro atoms. The number of nitrogens with zero attached hydrogens (tertiary/aromatic N) is 1. The standard InChI is InChI=1S/C22H18Cl2N4O4/c23-13-10-14(24)12-15(11-13)31-19-7-6-18(32-19)22(30)26-9-3-8-25-20-16-4-1-2-5-17(16)21(29)28-27-20/h1-2,4-7,10-12H,3,8-9H2,(H,25,27)(H,26,30)(H,28,29). The molecule has 8 nitrogen and oxygen atoms in total. The molecule has 3 N–H and O–H groups in total. The summed E-state index contributed by atoms with van der Waals surface area (Å²) in [5.74, 6) is 0.885. The molecule has 2 aromatic carbocycles. The first kappa shape index (κ1) is 21.7. The number of hydrogen-bond donors (Lipinski definition) is 3. The average molecular weight is 473 g/mol. The van der Waals surface area contributed by atoms with Crippen molar-refractivity contribution >= 4 is 45.7 Å². The summed E-state index contributed by atoms with van der Waals surface area (Å²) in [5, 5.41) is 14.6. The monoisotopic (exact) mass is 472 g/mol. The van der Waals surface area contributed by atoms with E-state index in [1.165, 1.54) is 12.1 Å². The zero-order chi connectivity index (χ0) is 22.5. The maximum atomic E-state index is 12.3. The Balaban J connectivity index is 1.26. The van der Waals surface area contributed by atoms with Crippen molar-refractivity contribution in [1.82, 2.24) is 15.5 Å². The number of hydrogen-bond acceptors (Lipinski definition) is 6. The van der Waals surface area contributed by atoms with Gasteiger partial charge in [-0.15, -0.1) is 0 Å². The number of anilines is 1. The van der Waals surface area contributed by atoms with Gasteiger partial charge in [-0.25, -0.2) is 5.10 Å². The first-order chi connectivity index (χ1) is 15.5. The van der Waals surface area contributed by atoms with Crippen LogP contribution in [-0.2, 0) is 0 Å². The summed E-state index contributed by atoms with van der Waals surface area (Å²) in [6, 6.07) is 15.0. The number of aromatic nitrogens is 2. The highest BCUT2D eigenvalue weighted by Crippen LogP contribution is 2.29. The van der Waals surface area contributed by atoms with Gasteiger partial charge >= 0.3 is 0 Å². The van der Waals surface area contributed by atoms with E-state index in [9.17, 15) is 9.59 Å². The third-order valence-electron chi connectivity index (χ3n) is 4.49. The Morgan fingerprint density at radius 1 is 1.03 bits per heavy atom. The molecule has 0 aliphatic heterocycles. The fourth-order valence-corrected chi connectivity index (χ4v) is 3.54. The molecule has 4 aromatic rings. The second kappa shape index (κ2) is 9.76. The van der Waals surface area contributed by atoms with Gasteiger partial charge in [0.1, 0.15) is 5.75 Å². The third kappa shape index (κ3) is 5.22. The molecule has 2 heterocycles. The van der Waals surface area contributed by atoms with Crippen molar-refractivity contribution in [2.75, 3.05) is 18.4 Å². The summed E-state index contributed by atoms with van der Waals surface area (Å²) < 4.78 is 11.0. The van der Waals surface area contributed by atoms with Crippen LogP contribution in [0.15, 0.2) is 63.8 Å². The molecule has 164 valence electrons. The fourth-order valence-electron chi connectivity index (χ4n) is 3.03. The highest BCUT2D eigenvalue weighted by atomic mass is 35.5. The number of aromatic amines is 1. The number of halogens is 2. The van der Waals surface area contributed by atoms with Gasteiger partial charge in [-0.2, -0.15) is 5.10 Å². The van der Waals surface area contributed by atoms with Crippen LogP contribution in [0.3, 0.4) is 0 Å². The molecule has 4 rings (SSSR count). The van der Waals surface area contributed by atoms with E-state index in [4.69, 9.17) is 32.4 Å². The first-order valence-corrected chi connectivity index (χ1v) is 10.5. The Labute approximate surface area is 192 Å². The quantitative estimate of drug-likeness (QED) is 0.316. The zero-order valence-electron chi connectivity index (χ0n) is 16.7.